The van der Waals surface area contributed by atoms with Crippen molar-refractivity contribution in [3.05, 3.63) is 53.6 Å². The number of carbonyl (C=O) groups excluding carboxylic acids is 1. The summed E-state index contributed by atoms with van der Waals surface area (Å²) >= 11 is 0. The number of hydrogen-bond donors (Lipinski definition) is 3. The first kappa shape index (κ1) is 23.4. The van der Waals surface area contributed by atoms with E-state index < -0.39 is 5.97 Å². The number of ether oxygens (including phenoxy) is 2. The van der Waals surface area contributed by atoms with E-state index in [2.05, 4.69) is 31.4 Å². The van der Waals surface area contributed by atoms with Crippen molar-refractivity contribution in [1.29, 1.82) is 0 Å². The summed E-state index contributed by atoms with van der Waals surface area (Å²) in [6.07, 6.45) is 0.798. The minimum Gasteiger partial charge on any atom is -0.497 e. The predicted molar refractivity (Wildman–Crippen MR) is 124 cm³/mol. The van der Waals surface area contributed by atoms with Crippen LogP contribution in [0.25, 0.3) is 0 Å². The Bertz CT molecular complexity index is 942. The van der Waals surface area contributed by atoms with Gasteiger partial charge in [-0.05, 0) is 54.8 Å². The fourth-order valence-corrected chi connectivity index (χ4v) is 4.07. The van der Waals surface area contributed by atoms with Crippen molar-refractivity contribution in [2.45, 2.75) is 51.7 Å². The third-order valence-corrected chi connectivity index (χ3v) is 5.71. The van der Waals surface area contributed by atoms with Crippen LogP contribution < -0.4 is 20.1 Å². The Morgan fingerprint density at radius 1 is 1.16 bits per heavy atom. The number of rotatable bonds is 10. The van der Waals surface area contributed by atoms with Gasteiger partial charge in [0.2, 0.25) is 0 Å². The molecule has 3 unspecified atom stereocenters. The van der Waals surface area contributed by atoms with E-state index in [9.17, 15) is 9.59 Å². The highest BCUT2D eigenvalue weighted by Gasteiger charge is 2.37. The smallest absolute Gasteiger partial charge is 0.305 e. The van der Waals surface area contributed by atoms with Crippen LogP contribution in [0.15, 0.2) is 42.5 Å². The van der Waals surface area contributed by atoms with Crippen LogP contribution in [0.3, 0.4) is 0 Å². The fourth-order valence-electron chi connectivity index (χ4n) is 4.07. The highest BCUT2D eigenvalue weighted by atomic mass is 16.5. The Morgan fingerprint density at radius 3 is 2.50 bits per heavy atom. The molecular weight excluding hydrogens is 408 g/mol. The van der Waals surface area contributed by atoms with Crippen molar-refractivity contribution in [1.82, 2.24) is 5.32 Å². The molecule has 1 amide bonds. The molecule has 7 heteroatoms. The SMILES string of the molecule is COc1ccc2c(c1)C(C)C(C(CC(C)C)Nc1ccc(C(=O)NCCC(=O)O)cc1)O2. The molecule has 172 valence electrons. The van der Waals surface area contributed by atoms with Gasteiger partial charge in [0, 0.05) is 29.3 Å². The molecule has 0 aliphatic carbocycles. The van der Waals surface area contributed by atoms with Gasteiger partial charge in [-0.1, -0.05) is 20.8 Å². The molecule has 0 fully saturated rings. The Balaban J connectivity index is 1.70. The molecule has 0 radical (unpaired) electrons. The molecule has 2 aromatic rings. The van der Waals surface area contributed by atoms with Crippen LogP contribution in [0.4, 0.5) is 5.69 Å². The highest BCUT2D eigenvalue weighted by Crippen LogP contribution is 2.42. The lowest BCUT2D eigenvalue weighted by Gasteiger charge is -2.29. The molecule has 0 spiro atoms. The number of methoxy groups -OCH3 is 1. The number of aliphatic carboxylic acids is 1. The molecule has 1 heterocycles. The van der Waals surface area contributed by atoms with Crippen LogP contribution in [-0.4, -0.2) is 42.8 Å². The average molecular weight is 441 g/mol. The summed E-state index contributed by atoms with van der Waals surface area (Å²) in [5.74, 6) is 1.17. The number of carboxylic acid groups (broad SMARTS) is 1. The lowest BCUT2D eigenvalue weighted by molar-refractivity contribution is -0.136. The maximum absolute atomic E-state index is 12.2. The Morgan fingerprint density at radius 2 is 1.88 bits per heavy atom. The second kappa shape index (κ2) is 10.4. The summed E-state index contributed by atoms with van der Waals surface area (Å²) in [5.41, 5.74) is 2.55. The number of anilines is 1. The monoisotopic (exact) mass is 440 g/mol. The third-order valence-electron chi connectivity index (χ3n) is 5.71. The summed E-state index contributed by atoms with van der Waals surface area (Å²) < 4.78 is 11.7. The third kappa shape index (κ3) is 5.72. The summed E-state index contributed by atoms with van der Waals surface area (Å²) in [6.45, 7) is 6.66. The normalized spacial score (nSPS) is 17.9. The van der Waals surface area contributed by atoms with Gasteiger partial charge < -0.3 is 25.2 Å². The molecule has 0 saturated carbocycles. The van der Waals surface area contributed by atoms with Crippen molar-refractivity contribution in [3.8, 4) is 11.5 Å². The minimum absolute atomic E-state index is 0.0292. The first-order chi connectivity index (χ1) is 15.3. The molecule has 2 aromatic carbocycles. The highest BCUT2D eigenvalue weighted by molar-refractivity contribution is 5.94. The van der Waals surface area contributed by atoms with E-state index in [0.717, 1.165) is 29.2 Å². The molecule has 0 saturated heterocycles. The van der Waals surface area contributed by atoms with E-state index in [1.54, 1.807) is 19.2 Å². The summed E-state index contributed by atoms with van der Waals surface area (Å²) in [5, 5.41) is 14.9. The number of amides is 1. The quantitative estimate of drug-likeness (QED) is 0.510. The van der Waals surface area contributed by atoms with Gasteiger partial charge in [-0.25, -0.2) is 0 Å². The van der Waals surface area contributed by atoms with Gasteiger partial charge in [0.1, 0.15) is 17.6 Å². The van der Waals surface area contributed by atoms with E-state index in [4.69, 9.17) is 14.6 Å². The molecule has 3 rings (SSSR count). The van der Waals surface area contributed by atoms with Crippen LogP contribution in [0.1, 0.15) is 55.5 Å². The first-order valence-corrected chi connectivity index (χ1v) is 11.0. The Hall–Kier alpha value is -3.22. The molecule has 3 atom stereocenters. The second-order valence-electron chi connectivity index (χ2n) is 8.63. The Labute approximate surface area is 189 Å². The van der Waals surface area contributed by atoms with Gasteiger partial charge in [0.05, 0.1) is 19.6 Å². The zero-order valence-electron chi connectivity index (χ0n) is 19.1. The molecule has 1 aliphatic heterocycles. The van der Waals surface area contributed by atoms with Crippen molar-refractivity contribution >= 4 is 17.6 Å². The van der Waals surface area contributed by atoms with Gasteiger partial charge >= 0.3 is 5.97 Å². The number of nitrogens with one attached hydrogen (secondary N) is 2. The van der Waals surface area contributed by atoms with Crippen LogP contribution in [0, 0.1) is 5.92 Å². The number of benzene rings is 2. The predicted octanol–water partition coefficient (Wildman–Crippen LogP) is 4.29. The van der Waals surface area contributed by atoms with E-state index in [0.29, 0.717) is 11.5 Å². The van der Waals surface area contributed by atoms with E-state index in [1.807, 2.05) is 30.3 Å². The molecular formula is C25H32N2O5. The van der Waals surface area contributed by atoms with Gasteiger partial charge in [-0.2, -0.15) is 0 Å². The largest absolute Gasteiger partial charge is 0.497 e. The van der Waals surface area contributed by atoms with Crippen molar-refractivity contribution in [2.75, 3.05) is 19.0 Å². The van der Waals surface area contributed by atoms with Crippen LogP contribution in [0.2, 0.25) is 0 Å². The maximum atomic E-state index is 12.2. The van der Waals surface area contributed by atoms with Crippen molar-refractivity contribution < 1.29 is 24.2 Å². The molecule has 7 nitrogen and oxygen atoms in total. The van der Waals surface area contributed by atoms with Gasteiger partial charge in [-0.3, -0.25) is 9.59 Å². The zero-order valence-corrected chi connectivity index (χ0v) is 19.1. The zero-order chi connectivity index (χ0) is 23.3. The molecule has 3 N–H and O–H groups in total. The van der Waals surface area contributed by atoms with E-state index in [1.165, 1.54) is 0 Å². The molecule has 0 bridgehead atoms. The second-order valence-corrected chi connectivity index (χ2v) is 8.63. The molecule has 1 aliphatic rings. The first-order valence-electron chi connectivity index (χ1n) is 11.0. The van der Waals surface area contributed by atoms with E-state index in [-0.39, 0.29) is 36.9 Å². The van der Waals surface area contributed by atoms with Crippen molar-refractivity contribution in [3.63, 3.8) is 0 Å². The lowest BCUT2D eigenvalue weighted by atomic mass is 9.88. The van der Waals surface area contributed by atoms with Crippen LogP contribution in [0.5, 0.6) is 11.5 Å². The number of carbonyl (C=O) groups is 2. The fraction of sp³-hybridized carbons (Fsp3) is 0.440. The summed E-state index contributed by atoms with van der Waals surface area (Å²) in [7, 11) is 1.67. The number of carboxylic acids is 1. The molecule has 0 aromatic heterocycles. The standard InChI is InChI=1S/C25H32N2O5/c1-15(2)13-21(24-16(3)20-14-19(31-4)9-10-22(20)32-24)27-18-7-5-17(6-8-18)25(30)26-12-11-23(28)29/h5-10,14-16,21,24,27H,11-13H2,1-4H3,(H,26,30)(H,28,29). The van der Waals surface area contributed by atoms with E-state index >= 15 is 0 Å². The topological polar surface area (TPSA) is 96.9 Å². The van der Waals surface area contributed by atoms with Crippen LogP contribution in [-0.2, 0) is 4.79 Å². The molecule has 32 heavy (non-hydrogen) atoms. The minimum atomic E-state index is -0.940. The maximum Gasteiger partial charge on any atom is 0.305 e. The van der Waals surface area contributed by atoms with Gasteiger partial charge in [0.15, 0.2) is 0 Å². The van der Waals surface area contributed by atoms with Crippen molar-refractivity contribution in [2.24, 2.45) is 5.92 Å². The van der Waals surface area contributed by atoms with Crippen LogP contribution >= 0.6 is 0 Å². The van der Waals surface area contributed by atoms with Gasteiger partial charge in [-0.15, -0.1) is 0 Å². The Kier molecular flexibility index (Phi) is 7.62. The average Bonchev–Trinajstić information content (AvgIpc) is 3.09. The number of hydrogen-bond acceptors (Lipinski definition) is 5. The number of fused-ring (bicyclic) bond motifs is 1. The van der Waals surface area contributed by atoms with Gasteiger partial charge in [0.25, 0.3) is 5.91 Å². The lowest BCUT2D eigenvalue weighted by Crippen LogP contribution is -2.39. The summed E-state index contributed by atoms with van der Waals surface area (Å²) in [6, 6.07) is 13.2. The summed E-state index contributed by atoms with van der Waals surface area (Å²) in [4.78, 5) is 22.8.